The lowest BCUT2D eigenvalue weighted by molar-refractivity contribution is 0.0209. The fourth-order valence-corrected chi connectivity index (χ4v) is 2.86. The summed E-state index contributed by atoms with van der Waals surface area (Å²) in [6, 6.07) is 9.97. The summed E-state index contributed by atoms with van der Waals surface area (Å²) in [4.78, 5) is 22.4. The molecule has 9 heteroatoms. The van der Waals surface area contributed by atoms with Gasteiger partial charge in [0.2, 0.25) is 0 Å². The number of pyridine rings is 1. The molecule has 3 aromatic rings. The molecule has 0 spiro atoms. The summed E-state index contributed by atoms with van der Waals surface area (Å²) in [5, 5.41) is 10.5. The molecule has 9 nitrogen and oxygen atoms in total. The summed E-state index contributed by atoms with van der Waals surface area (Å²) < 4.78 is 4.99. The van der Waals surface area contributed by atoms with Gasteiger partial charge in [0.1, 0.15) is 23.7 Å². The molecular formula is C20H25N7O2. The van der Waals surface area contributed by atoms with Gasteiger partial charge in [-0.2, -0.15) is 0 Å². The molecule has 1 aliphatic rings. The van der Waals surface area contributed by atoms with E-state index in [-0.39, 0.29) is 0 Å². The number of fused-ring (bicyclic) bond motifs is 1. The van der Waals surface area contributed by atoms with Gasteiger partial charge in [-0.25, -0.2) is 15.0 Å². The van der Waals surface area contributed by atoms with Gasteiger partial charge >= 0.3 is 0 Å². The maximum absolute atomic E-state index is 10.4. The van der Waals surface area contributed by atoms with Gasteiger partial charge in [-0.1, -0.05) is 6.07 Å². The number of rotatable bonds is 6. The summed E-state index contributed by atoms with van der Waals surface area (Å²) in [6.45, 7) is 2.24. The number of ether oxygens (including phenoxy) is 1. The van der Waals surface area contributed by atoms with Crippen molar-refractivity contribution in [2.75, 3.05) is 43.7 Å². The largest absolute Gasteiger partial charge is 0.387 e. The molecule has 29 heavy (non-hydrogen) atoms. The van der Waals surface area contributed by atoms with Crippen molar-refractivity contribution in [3.8, 4) is 0 Å². The minimum Gasteiger partial charge on any atom is -0.387 e. The van der Waals surface area contributed by atoms with Crippen LogP contribution < -0.4 is 21.7 Å². The van der Waals surface area contributed by atoms with E-state index in [2.05, 4.69) is 43.0 Å². The summed E-state index contributed by atoms with van der Waals surface area (Å²) >= 11 is 0. The molecule has 5 N–H and O–H groups in total. The third kappa shape index (κ3) is 5.37. The van der Waals surface area contributed by atoms with Crippen LogP contribution in [-0.4, -0.2) is 54.6 Å². The second-order valence-corrected chi connectivity index (χ2v) is 6.55. The van der Waals surface area contributed by atoms with Gasteiger partial charge in [0, 0.05) is 36.8 Å². The molecule has 0 saturated carbocycles. The van der Waals surface area contributed by atoms with Gasteiger partial charge in [-0.15, -0.1) is 0 Å². The van der Waals surface area contributed by atoms with Gasteiger partial charge < -0.3 is 26.4 Å². The Morgan fingerprint density at radius 1 is 1.21 bits per heavy atom. The number of carbonyl (C=O) groups excluding carboxylic acids is 1. The van der Waals surface area contributed by atoms with E-state index in [0.717, 1.165) is 23.1 Å². The average molecular weight is 395 g/mol. The van der Waals surface area contributed by atoms with E-state index in [0.29, 0.717) is 42.9 Å². The number of nitrogen functional groups attached to an aromatic ring is 1. The Labute approximate surface area is 169 Å². The minimum absolute atomic E-state index is 0.314. The summed E-state index contributed by atoms with van der Waals surface area (Å²) in [5.41, 5.74) is 9.29. The quantitative estimate of drug-likeness (QED) is 0.461. The first kappa shape index (κ1) is 20.4. The monoisotopic (exact) mass is 395 g/mol. The molecule has 0 amide bonds. The molecule has 152 valence electrons. The molecule has 1 saturated heterocycles. The Bertz CT molecular complexity index is 976. The van der Waals surface area contributed by atoms with Gasteiger partial charge in [-0.3, -0.25) is 4.79 Å². The third-order valence-electron chi connectivity index (χ3n) is 4.34. The molecule has 1 aromatic carbocycles. The van der Waals surface area contributed by atoms with Gasteiger partial charge in [0.05, 0.1) is 24.8 Å². The molecule has 0 aliphatic carbocycles. The lowest BCUT2D eigenvalue weighted by atomic mass is 10.1. The predicted octanol–water partition coefficient (Wildman–Crippen LogP) is 1.68. The van der Waals surface area contributed by atoms with E-state index in [4.69, 9.17) is 10.5 Å². The summed E-state index contributed by atoms with van der Waals surface area (Å²) in [6.07, 6.45) is 2.07. The number of benzene rings is 1. The first-order valence-electron chi connectivity index (χ1n) is 9.26. The Morgan fingerprint density at radius 3 is 2.69 bits per heavy atom. The number of hydrogen-bond donors (Lipinski definition) is 4. The summed E-state index contributed by atoms with van der Waals surface area (Å²) in [7, 11) is 3.82. The molecule has 1 aliphatic heterocycles. The second kappa shape index (κ2) is 9.76. The first-order valence-corrected chi connectivity index (χ1v) is 9.26. The highest BCUT2D eigenvalue weighted by Crippen LogP contribution is 2.25. The molecule has 3 heterocycles. The van der Waals surface area contributed by atoms with Gasteiger partial charge in [-0.05, 0) is 24.7 Å². The normalized spacial score (nSPS) is 13.2. The van der Waals surface area contributed by atoms with Crippen molar-refractivity contribution < 1.29 is 9.53 Å². The van der Waals surface area contributed by atoms with E-state index in [1.165, 1.54) is 11.9 Å². The zero-order valence-electron chi connectivity index (χ0n) is 16.5. The summed E-state index contributed by atoms with van der Waals surface area (Å²) in [5.74, 6) is 1.21. The highest BCUT2D eigenvalue weighted by atomic mass is 16.5. The topological polar surface area (TPSA) is 127 Å². The molecular weight excluding hydrogens is 370 g/mol. The fraction of sp³-hybridized carbons (Fsp3) is 0.300. The Hall–Kier alpha value is -3.30. The number of nitrogens with one attached hydrogen (secondary N) is 3. The van der Waals surface area contributed by atoms with E-state index in [9.17, 15) is 4.79 Å². The van der Waals surface area contributed by atoms with Crippen LogP contribution in [0.5, 0.6) is 0 Å². The van der Waals surface area contributed by atoms with Crippen LogP contribution in [0.3, 0.4) is 0 Å². The highest BCUT2D eigenvalue weighted by Gasteiger charge is 2.18. The Balaban J connectivity index is 0.000000169. The maximum atomic E-state index is 10.4. The highest BCUT2D eigenvalue weighted by molar-refractivity contribution is 5.93. The predicted molar refractivity (Wildman–Crippen MR) is 114 cm³/mol. The maximum Gasteiger partial charge on any atom is 0.168 e. The van der Waals surface area contributed by atoms with Gasteiger partial charge in [0.25, 0.3) is 0 Å². The number of nitrogens with two attached hydrogens (primary N) is 1. The zero-order chi connectivity index (χ0) is 20.6. The number of aromatic nitrogens is 3. The number of aldehydes is 1. The fourth-order valence-electron chi connectivity index (χ4n) is 2.86. The smallest absolute Gasteiger partial charge is 0.168 e. The van der Waals surface area contributed by atoms with Crippen molar-refractivity contribution in [1.82, 2.24) is 20.3 Å². The minimum atomic E-state index is 0.314. The number of nitrogens with zero attached hydrogens (tertiary/aromatic N) is 3. The number of hydrogen-bond acceptors (Lipinski definition) is 9. The second-order valence-electron chi connectivity index (χ2n) is 6.55. The van der Waals surface area contributed by atoms with Crippen molar-refractivity contribution in [3.05, 3.63) is 47.9 Å². The number of anilines is 3. The molecule has 4 rings (SSSR count). The van der Waals surface area contributed by atoms with Crippen molar-refractivity contribution >= 4 is 34.5 Å². The SMILES string of the molecule is CNCc1ccc2nc(N)cc(NC)c2c1.O=Cc1cc(NC2COC2)ncn1. The lowest BCUT2D eigenvalue weighted by Gasteiger charge is -2.27. The molecule has 1 fully saturated rings. The van der Waals surface area contributed by atoms with Crippen molar-refractivity contribution in [2.45, 2.75) is 12.6 Å². The van der Waals surface area contributed by atoms with Gasteiger partial charge in [0.15, 0.2) is 6.29 Å². The van der Waals surface area contributed by atoms with Crippen LogP contribution in [0, 0.1) is 0 Å². The average Bonchev–Trinajstić information content (AvgIpc) is 2.71. The van der Waals surface area contributed by atoms with Crippen molar-refractivity contribution in [1.29, 1.82) is 0 Å². The van der Waals surface area contributed by atoms with E-state index < -0.39 is 0 Å². The van der Waals surface area contributed by atoms with Crippen molar-refractivity contribution in [2.24, 2.45) is 0 Å². The van der Waals surface area contributed by atoms with Crippen LogP contribution in [-0.2, 0) is 11.3 Å². The molecule has 0 unspecified atom stereocenters. The van der Waals surface area contributed by atoms with E-state index in [1.54, 1.807) is 6.07 Å². The molecule has 0 radical (unpaired) electrons. The van der Waals surface area contributed by atoms with Crippen LogP contribution >= 0.6 is 0 Å². The third-order valence-corrected chi connectivity index (χ3v) is 4.34. The van der Waals surface area contributed by atoms with Crippen LogP contribution in [0.1, 0.15) is 16.1 Å². The van der Waals surface area contributed by atoms with Crippen LogP contribution in [0.4, 0.5) is 17.3 Å². The molecule has 0 bridgehead atoms. The first-order chi connectivity index (χ1) is 14.1. The van der Waals surface area contributed by atoms with Crippen LogP contribution in [0.15, 0.2) is 36.7 Å². The van der Waals surface area contributed by atoms with Crippen LogP contribution in [0.2, 0.25) is 0 Å². The van der Waals surface area contributed by atoms with E-state index >= 15 is 0 Å². The van der Waals surface area contributed by atoms with Crippen molar-refractivity contribution in [3.63, 3.8) is 0 Å². The number of carbonyl (C=O) groups is 1. The molecule has 0 atom stereocenters. The van der Waals surface area contributed by atoms with E-state index in [1.807, 2.05) is 26.2 Å². The lowest BCUT2D eigenvalue weighted by Crippen LogP contribution is -2.40. The zero-order valence-corrected chi connectivity index (χ0v) is 16.5. The molecule has 2 aromatic heterocycles. The standard InChI is InChI=1S/C12H16N4.C8H9N3O2/c1-14-7-8-3-4-10-9(5-8)11(15-2)6-12(13)16-10;12-2-6-1-8(10-5-9-6)11-7-3-13-4-7/h3-6,14H,7H2,1-2H3,(H3,13,15,16);1-2,5,7H,3-4H2,(H,9,10,11). The Morgan fingerprint density at radius 2 is 2.03 bits per heavy atom. The van der Waals surface area contributed by atoms with Crippen LogP contribution in [0.25, 0.3) is 10.9 Å². The Kier molecular flexibility index (Phi) is 6.88.